The first-order valence-corrected chi connectivity index (χ1v) is 6.47. The number of carbonyl (C=O) groups is 1. The van der Waals surface area contributed by atoms with Crippen LogP contribution >= 0.6 is 0 Å². The monoisotopic (exact) mass is 259 g/mol. The van der Waals surface area contributed by atoms with E-state index in [1.165, 1.54) is 0 Å². The summed E-state index contributed by atoms with van der Waals surface area (Å²) >= 11 is 0. The Kier molecular flexibility index (Phi) is 3.22. The van der Waals surface area contributed by atoms with Crippen LogP contribution in [0.2, 0.25) is 0 Å². The van der Waals surface area contributed by atoms with Crippen molar-refractivity contribution in [2.24, 2.45) is 0 Å². The molecule has 100 valence electrons. The number of rotatable bonds is 6. The summed E-state index contributed by atoms with van der Waals surface area (Å²) in [5, 5.41) is 10.4. The first-order chi connectivity index (χ1) is 9.29. The summed E-state index contributed by atoms with van der Waals surface area (Å²) in [5.41, 5.74) is 2.02. The third-order valence-electron chi connectivity index (χ3n) is 3.03. The molecule has 19 heavy (non-hydrogen) atoms. The van der Waals surface area contributed by atoms with Gasteiger partial charge in [-0.2, -0.15) is 5.10 Å². The topological polar surface area (TPSA) is 74.7 Å². The maximum Gasteiger partial charge on any atom is 0.241 e. The highest BCUT2D eigenvalue weighted by molar-refractivity contribution is 5.76. The number of H-pyrrole nitrogens is 1. The summed E-state index contributed by atoms with van der Waals surface area (Å²) < 4.78 is 1.65. The van der Waals surface area contributed by atoms with Gasteiger partial charge in [-0.3, -0.25) is 9.48 Å². The molecule has 0 unspecified atom stereocenters. The van der Waals surface area contributed by atoms with Crippen molar-refractivity contribution >= 4 is 11.6 Å². The molecule has 6 heteroatoms. The molecule has 0 spiro atoms. The molecule has 2 aromatic rings. The molecule has 6 nitrogen and oxygen atoms in total. The molecule has 3 N–H and O–H groups in total. The van der Waals surface area contributed by atoms with E-state index in [2.05, 4.69) is 20.7 Å². The molecule has 2 aromatic heterocycles. The highest BCUT2D eigenvalue weighted by Crippen LogP contribution is 2.18. The summed E-state index contributed by atoms with van der Waals surface area (Å²) in [6, 6.07) is 4.37. The molecule has 0 bridgehead atoms. The third-order valence-corrected chi connectivity index (χ3v) is 3.03. The van der Waals surface area contributed by atoms with Crippen molar-refractivity contribution in [3.8, 4) is 0 Å². The highest BCUT2D eigenvalue weighted by Gasteiger charge is 2.23. The number of aromatic amines is 1. The zero-order chi connectivity index (χ0) is 13.1. The van der Waals surface area contributed by atoms with Gasteiger partial charge < -0.3 is 15.6 Å². The molecule has 0 aromatic carbocycles. The SMILES string of the molecule is O=C(Cn1cc(NCc2ccc[nH]2)cn1)NC1CC1. The van der Waals surface area contributed by atoms with Crippen LogP contribution < -0.4 is 10.6 Å². The van der Waals surface area contributed by atoms with Crippen LogP contribution in [-0.2, 0) is 17.9 Å². The number of carbonyl (C=O) groups excluding carboxylic acids is 1. The lowest BCUT2D eigenvalue weighted by Crippen LogP contribution is -2.29. The second-order valence-electron chi connectivity index (χ2n) is 4.82. The zero-order valence-corrected chi connectivity index (χ0v) is 10.6. The van der Waals surface area contributed by atoms with Crippen LogP contribution in [0.1, 0.15) is 18.5 Å². The number of amides is 1. The number of anilines is 1. The van der Waals surface area contributed by atoms with Crippen LogP contribution in [0.15, 0.2) is 30.7 Å². The fourth-order valence-corrected chi connectivity index (χ4v) is 1.86. The molecule has 2 heterocycles. The van der Waals surface area contributed by atoms with E-state index in [4.69, 9.17) is 0 Å². The molecular weight excluding hydrogens is 242 g/mol. The first kappa shape index (κ1) is 11.8. The molecule has 1 aliphatic carbocycles. The normalized spacial score (nSPS) is 14.3. The summed E-state index contributed by atoms with van der Waals surface area (Å²) in [5.74, 6) is 0.0292. The Balaban J connectivity index is 1.49. The van der Waals surface area contributed by atoms with Gasteiger partial charge in [-0.1, -0.05) is 0 Å². The summed E-state index contributed by atoms with van der Waals surface area (Å²) in [6.45, 7) is 0.994. The predicted molar refractivity (Wildman–Crippen MR) is 71.5 cm³/mol. The van der Waals surface area contributed by atoms with Crippen molar-refractivity contribution in [2.75, 3.05) is 5.32 Å². The highest BCUT2D eigenvalue weighted by atomic mass is 16.2. The summed E-state index contributed by atoms with van der Waals surface area (Å²) in [6.07, 6.45) is 7.67. The van der Waals surface area contributed by atoms with E-state index < -0.39 is 0 Å². The number of hydrogen-bond acceptors (Lipinski definition) is 3. The van der Waals surface area contributed by atoms with Gasteiger partial charge >= 0.3 is 0 Å². The van der Waals surface area contributed by atoms with Gasteiger partial charge in [0, 0.05) is 24.1 Å². The van der Waals surface area contributed by atoms with E-state index in [1.807, 2.05) is 24.5 Å². The molecule has 0 aliphatic heterocycles. The summed E-state index contributed by atoms with van der Waals surface area (Å²) in [7, 11) is 0. The minimum atomic E-state index is 0.0292. The molecule has 1 fully saturated rings. The van der Waals surface area contributed by atoms with Crippen molar-refractivity contribution in [2.45, 2.75) is 32.0 Å². The van der Waals surface area contributed by atoms with Crippen LogP contribution in [0, 0.1) is 0 Å². The molecule has 0 atom stereocenters. The van der Waals surface area contributed by atoms with E-state index in [-0.39, 0.29) is 12.5 Å². The quantitative estimate of drug-likeness (QED) is 0.727. The summed E-state index contributed by atoms with van der Waals surface area (Å²) in [4.78, 5) is 14.7. The molecular formula is C13H17N5O. The Labute approximate surface area is 111 Å². The Morgan fingerprint density at radius 3 is 3.16 bits per heavy atom. The molecule has 3 rings (SSSR count). The van der Waals surface area contributed by atoms with Crippen LogP contribution in [0.4, 0.5) is 5.69 Å². The van der Waals surface area contributed by atoms with Crippen LogP contribution in [-0.4, -0.2) is 26.7 Å². The van der Waals surface area contributed by atoms with Gasteiger partial charge in [-0.05, 0) is 25.0 Å². The molecule has 1 saturated carbocycles. The van der Waals surface area contributed by atoms with E-state index in [0.29, 0.717) is 12.6 Å². The van der Waals surface area contributed by atoms with E-state index in [0.717, 1.165) is 24.2 Å². The Hall–Kier alpha value is -2.24. The molecule has 0 radical (unpaired) electrons. The second-order valence-corrected chi connectivity index (χ2v) is 4.82. The number of aromatic nitrogens is 3. The number of nitrogens with one attached hydrogen (secondary N) is 3. The Morgan fingerprint density at radius 2 is 2.42 bits per heavy atom. The van der Waals surface area contributed by atoms with Crippen molar-refractivity contribution in [3.05, 3.63) is 36.4 Å². The lowest BCUT2D eigenvalue weighted by molar-refractivity contribution is -0.122. The van der Waals surface area contributed by atoms with E-state index in [9.17, 15) is 4.79 Å². The van der Waals surface area contributed by atoms with Crippen molar-refractivity contribution in [3.63, 3.8) is 0 Å². The molecule has 1 amide bonds. The lowest BCUT2D eigenvalue weighted by atomic mass is 10.4. The standard InChI is InChI=1S/C13H17N5O/c19-13(17-10-3-4-10)9-18-8-12(7-16-18)15-6-11-2-1-5-14-11/h1-2,5,7-8,10,14-15H,3-4,6,9H2,(H,17,19). The van der Waals surface area contributed by atoms with Crippen LogP contribution in [0.5, 0.6) is 0 Å². The van der Waals surface area contributed by atoms with Crippen LogP contribution in [0.25, 0.3) is 0 Å². The average Bonchev–Trinajstić information content (AvgIpc) is 2.91. The molecule has 1 aliphatic rings. The Bertz CT molecular complexity index is 541. The minimum Gasteiger partial charge on any atom is -0.377 e. The zero-order valence-electron chi connectivity index (χ0n) is 10.6. The molecule has 0 saturated heterocycles. The van der Waals surface area contributed by atoms with E-state index in [1.54, 1.807) is 10.9 Å². The van der Waals surface area contributed by atoms with Crippen molar-refractivity contribution in [1.29, 1.82) is 0 Å². The fourth-order valence-electron chi connectivity index (χ4n) is 1.86. The van der Waals surface area contributed by atoms with Gasteiger partial charge in [0.05, 0.1) is 18.4 Å². The maximum atomic E-state index is 11.6. The number of hydrogen-bond donors (Lipinski definition) is 3. The van der Waals surface area contributed by atoms with Crippen molar-refractivity contribution in [1.82, 2.24) is 20.1 Å². The van der Waals surface area contributed by atoms with Gasteiger partial charge in [0.15, 0.2) is 0 Å². The predicted octanol–water partition coefficient (Wildman–Crippen LogP) is 1.10. The van der Waals surface area contributed by atoms with Crippen LogP contribution in [0.3, 0.4) is 0 Å². The van der Waals surface area contributed by atoms with Gasteiger partial charge in [-0.15, -0.1) is 0 Å². The first-order valence-electron chi connectivity index (χ1n) is 6.47. The number of nitrogens with zero attached hydrogens (tertiary/aromatic N) is 2. The van der Waals surface area contributed by atoms with Gasteiger partial charge in [0.1, 0.15) is 6.54 Å². The minimum absolute atomic E-state index is 0.0292. The fraction of sp³-hybridized carbons (Fsp3) is 0.385. The average molecular weight is 259 g/mol. The maximum absolute atomic E-state index is 11.6. The van der Waals surface area contributed by atoms with Gasteiger partial charge in [-0.25, -0.2) is 0 Å². The van der Waals surface area contributed by atoms with Gasteiger partial charge in [0.2, 0.25) is 5.91 Å². The lowest BCUT2D eigenvalue weighted by Gasteiger charge is -2.03. The third kappa shape index (κ3) is 3.37. The Morgan fingerprint density at radius 1 is 1.53 bits per heavy atom. The largest absolute Gasteiger partial charge is 0.377 e. The van der Waals surface area contributed by atoms with Gasteiger partial charge in [0.25, 0.3) is 0 Å². The van der Waals surface area contributed by atoms with E-state index >= 15 is 0 Å². The smallest absolute Gasteiger partial charge is 0.241 e. The second kappa shape index (κ2) is 5.17. The van der Waals surface area contributed by atoms with Crippen molar-refractivity contribution < 1.29 is 4.79 Å².